The van der Waals surface area contributed by atoms with Gasteiger partial charge in [-0.25, -0.2) is 0 Å². The lowest BCUT2D eigenvalue weighted by atomic mass is 10.2. The Morgan fingerprint density at radius 2 is 1.95 bits per heavy atom. The topological polar surface area (TPSA) is 30.5 Å². The van der Waals surface area contributed by atoms with Gasteiger partial charge in [-0.2, -0.15) is 0 Å². The van der Waals surface area contributed by atoms with E-state index in [1.807, 2.05) is 18.2 Å². The number of para-hydroxylation sites is 1. The third-order valence-electron chi connectivity index (χ3n) is 3.03. The fourth-order valence-corrected chi connectivity index (χ4v) is 2.61. The van der Waals surface area contributed by atoms with Crippen LogP contribution in [0.3, 0.4) is 0 Å². The van der Waals surface area contributed by atoms with Crippen LogP contribution >= 0.6 is 11.8 Å². The second kappa shape index (κ2) is 5.45. The van der Waals surface area contributed by atoms with Crippen molar-refractivity contribution in [3.05, 3.63) is 48.0 Å². The molecular formula is C15H15NO2S. The molecule has 0 saturated heterocycles. The van der Waals surface area contributed by atoms with Gasteiger partial charge in [0.05, 0.1) is 0 Å². The molecule has 1 heterocycles. The van der Waals surface area contributed by atoms with Gasteiger partial charge in [-0.3, -0.25) is 0 Å². The Bertz CT molecular complexity index is 586. The van der Waals surface area contributed by atoms with Gasteiger partial charge >= 0.3 is 0 Å². The van der Waals surface area contributed by atoms with Crippen molar-refractivity contribution < 1.29 is 9.47 Å². The molecule has 19 heavy (non-hydrogen) atoms. The van der Waals surface area contributed by atoms with E-state index in [1.54, 1.807) is 11.8 Å². The average Bonchev–Trinajstić information content (AvgIpc) is 2.93. The van der Waals surface area contributed by atoms with Gasteiger partial charge in [0.25, 0.3) is 0 Å². The van der Waals surface area contributed by atoms with Crippen LogP contribution in [0.25, 0.3) is 0 Å². The molecule has 1 aliphatic heterocycles. The molecule has 2 aromatic carbocycles. The number of fused-ring (bicyclic) bond motifs is 1. The molecule has 0 fully saturated rings. The van der Waals surface area contributed by atoms with Gasteiger partial charge in [0.1, 0.15) is 0 Å². The number of anilines is 1. The van der Waals surface area contributed by atoms with Gasteiger partial charge in [-0.1, -0.05) is 18.2 Å². The van der Waals surface area contributed by atoms with Gasteiger partial charge in [-0.05, 0) is 36.1 Å². The van der Waals surface area contributed by atoms with Crippen molar-refractivity contribution in [2.75, 3.05) is 18.4 Å². The number of rotatable bonds is 4. The van der Waals surface area contributed by atoms with E-state index in [2.05, 4.69) is 35.8 Å². The second-order valence-electron chi connectivity index (χ2n) is 4.24. The van der Waals surface area contributed by atoms with Crippen LogP contribution in [0.1, 0.15) is 5.56 Å². The molecule has 0 unspecified atom stereocenters. The molecule has 0 amide bonds. The zero-order valence-corrected chi connectivity index (χ0v) is 11.5. The Kier molecular flexibility index (Phi) is 3.51. The minimum Gasteiger partial charge on any atom is -0.454 e. The first-order chi connectivity index (χ1) is 9.36. The molecule has 0 spiro atoms. The highest BCUT2D eigenvalue weighted by molar-refractivity contribution is 7.98. The number of benzene rings is 2. The molecule has 2 aromatic rings. The molecule has 0 aromatic heterocycles. The lowest BCUT2D eigenvalue weighted by molar-refractivity contribution is 0.174. The monoisotopic (exact) mass is 273 g/mol. The molecule has 0 aliphatic carbocycles. The molecule has 1 N–H and O–H groups in total. The molecular weight excluding hydrogens is 258 g/mol. The number of hydrogen-bond donors (Lipinski definition) is 1. The summed E-state index contributed by atoms with van der Waals surface area (Å²) in [5, 5.41) is 3.45. The summed E-state index contributed by atoms with van der Waals surface area (Å²) < 4.78 is 10.7. The van der Waals surface area contributed by atoms with Gasteiger partial charge in [-0.15, -0.1) is 11.8 Å². The summed E-state index contributed by atoms with van der Waals surface area (Å²) in [6, 6.07) is 14.4. The zero-order valence-electron chi connectivity index (χ0n) is 10.7. The largest absolute Gasteiger partial charge is 0.454 e. The van der Waals surface area contributed by atoms with E-state index >= 15 is 0 Å². The molecule has 1 aliphatic rings. The molecule has 98 valence electrons. The smallest absolute Gasteiger partial charge is 0.231 e. The van der Waals surface area contributed by atoms with Crippen molar-refractivity contribution in [3.8, 4) is 11.5 Å². The van der Waals surface area contributed by atoms with Crippen molar-refractivity contribution in [1.29, 1.82) is 0 Å². The Morgan fingerprint density at radius 1 is 1.11 bits per heavy atom. The molecule has 0 atom stereocenters. The third-order valence-corrected chi connectivity index (χ3v) is 3.82. The lowest BCUT2D eigenvalue weighted by Gasteiger charge is -2.10. The van der Waals surface area contributed by atoms with Crippen molar-refractivity contribution >= 4 is 17.4 Å². The maximum absolute atomic E-state index is 5.38. The number of ether oxygens (including phenoxy) is 2. The van der Waals surface area contributed by atoms with Crippen LogP contribution in [0.4, 0.5) is 5.69 Å². The van der Waals surface area contributed by atoms with Crippen molar-refractivity contribution in [2.45, 2.75) is 11.4 Å². The highest BCUT2D eigenvalue weighted by Gasteiger charge is 2.13. The molecule has 4 heteroatoms. The molecule has 3 nitrogen and oxygen atoms in total. The fourth-order valence-electron chi connectivity index (χ4n) is 2.04. The molecule has 0 bridgehead atoms. The predicted molar refractivity (Wildman–Crippen MR) is 78.1 cm³/mol. The van der Waals surface area contributed by atoms with Gasteiger partial charge < -0.3 is 14.8 Å². The minimum absolute atomic E-state index is 0.321. The highest BCUT2D eigenvalue weighted by Crippen LogP contribution is 2.33. The van der Waals surface area contributed by atoms with Crippen molar-refractivity contribution in [2.24, 2.45) is 0 Å². The number of thioether (sulfide) groups is 1. The number of hydrogen-bond acceptors (Lipinski definition) is 4. The van der Waals surface area contributed by atoms with E-state index in [0.29, 0.717) is 6.79 Å². The maximum Gasteiger partial charge on any atom is 0.231 e. The summed E-state index contributed by atoms with van der Waals surface area (Å²) in [5.74, 6) is 1.66. The Labute approximate surface area is 116 Å². The second-order valence-corrected chi connectivity index (χ2v) is 5.09. The summed E-state index contributed by atoms with van der Waals surface area (Å²) in [5.41, 5.74) is 2.34. The van der Waals surface area contributed by atoms with Crippen LogP contribution in [-0.2, 0) is 6.54 Å². The Hall–Kier alpha value is -1.81. The summed E-state index contributed by atoms with van der Waals surface area (Å²) in [6.07, 6.45) is 2.08. The van der Waals surface area contributed by atoms with Crippen LogP contribution in [0, 0.1) is 0 Å². The summed E-state index contributed by atoms with van der Waals surface area (Å²) >= 11 is 1.74. The van der Waals surface area contributed by atoms with E-state index in [9.17, 15) is 0 Å². The van der Waals surface area contributed by atoms with Crippen LogP contribution in [-0.4, -0.2) is 13.0 Å². The van der Waals surface area contributed by atoms with Crippen LogP contribution in [0.5, 0.6) is 11.5 Å². The highest BCUT2D eigenvalue weighted by atomic mass is 32.2. The maximum atomic E-state index is 5.38. The average molecular weight is 273 g/mol. The van der Waals surface area contributed by atoms with Crippen LogP contribution in [0.2, 0.25) is 0 Å². The minimum atomic E-state index is 0.321. The van der Waals surface area contributed by atoms with Gasteiger partial charge in [0, 0.05) is 17.1 Å². The van der Waals surface area contributed by atoms with Crippen LogP contribution < -0.4 is 14.8 Å². The molecule has 0 saturated carbocycles. The van der Waals surface area contributed by atoms with E-state index in [1.165, 1.54) is 10.5 Å². The summed E-state index contributed by atoms with van der Waals surface area (Å²) in [6.45, 7) is 1.09. The predicted octanol–water partition coefficient (Wildman–Crippen LogP) is 3.75. The Morgan fingerprint density at radius 3 is 2.84 bits per heavy atom. The third kappa shape index (κ3) is 2.63. The Balaban J connectivity index is 1.72. The van der Waals surface area contributed by atoms with Gasteiger partial charge in [0.15, 0.2) is 11.5 Å². The van der Waals surface area contributed by atoms with Gasteiger partial charge in [0.2, 0.25) is 6.79 Å². The fraction of sp³-hybridized carbons (Fsp3) is 0.200. The van der Waals surface area contributed by atoms with E-state index < -0.39 is 0 Å². The molecule has 3 rings (SSSR count). The van der Waals surface area contributed by atoms with Crippen molar-refractivity contribution in [1.82, 2.24) is 0 Å². The standard InChI is InChI=1S/C15H15NO2S/c1-19-15-5-3-2-4-12(15)16-9-11-6-7-13-14(8-11)18-10-17-13/h2-8,16H,9-10H2,1H3. The zero-order chi connectivity index (χ0) is 13.1. The first-order valence-electron chi connectivity index (χ1n) is 6.12. The SMILES string of the molecule is CSc1ccccc1NCc1ccc2c(c1)OCO2. The first-order valence-corrected chi connectivity index (χ1v) is 7.35. The van der Waals surface area contributed by atoms with Crippen LogP contribution in [0.15, 0.2) is 47.4 Å². The van der Waals surface area contributed by atoms with E-state index in [-0.39, 0.29) is 0 Å². The summed E-state index contributed by atoms with van der Waals surface area (Å²) in [7, 11) is 0. The quantitative estimate of drug-likeness (QED) is 0.859. The first kappa shape index (κ1) is 12.2. The summed E-state index contributed by atoms with van der Waals surface area (Å²) in [4.78, 5) is 1.25. The van der Waals surface area contributed by atoms with Crippen molar-refractivity contribution in [3.63, 3.8) is 0 Å². The lowest BCUT2D eigenvalue weighted by Crippen LogP contribution is -2.00. The molecule has 0 radical (unpaired) electrons. The number of nitrogens with one attached hydrogen (secondary N) is 1. The normalized spacial score (nSPS) is 12.5. The van der Waals surface area contributed by atoms with E-state index in [4.69, 9.17) is 9.47 Å². The van der Waals surface area contributed by atoms with E-state index in [0.717, 1.165) is 23.7 Å².